The Hall–Kier alpha value is -1.32. The first-order chi connectivity index (χ1) is 8.18. The molecule has 0 saturated heterocycles. The summed E-state index contributed by atoms with van der Waals surface area (Å²) in [6.07, 6.45) is 0. The molecule has 1 aromatic heterocycles. The number of rotatable bonds is 4. The maximum Gasteiger partial charge on any atom is 0.120 e. The molecule has 0 spiro atoms. The summed E-state index contributed by atoms with van der Waals surface area (Å²) in [6, 6.07) is 10.0. The van der Waals surface area contributed by atoms with Crippen molar-refractivity contribution in [2.24, 2.45) is 0 Å². The highest BCUT2D eigenvalue weighted by Gasteiger charge is 2.13. The lowest BCUT2D eigenvalue weighted by Crippen LogP contribution is -2.22. The van der Waals surface area contributed by atoms with Crippen molar-refractivity contribution in [3.8, 4) is 5.75 Å². The van der Waals surface area contributed by atoms with Gasteiger partial charge in [0.15, 0.2) is 0 Å². The molecule has 0 radical (unpaired) electrons. The van der Waals surface area contributed by atoms with Crippen LogP contribution < -0.4 is 5.32 Å². The Morgan fingerprint density at radius 2 is 1.88 bits per heavy atom. The number of thiophene rings is 1. The number of phenolic OH excluding ortho intramolecular Hbond substituents is 1. The van der Waals surface area contributed by atoms with Crippen LogP contribution in [-0.2, 0) is 0 Å². The maximum atomic E-state index is 9.79. The van der Waals surface area contributed by atoms with Crippen LogP contribution in [-0.4, -0.2) is 5.11 Å². The molecule has 0 bridgehead atoms. The minimum Gasteiger partial charge on any atom is -0.508 e. The van der Waals surface area contributed by atoms with Crippen LogP contribution in [0.2, 0.25) is 0 Å². The third kappa shape index (κ3) is 2.87. The van der Waals surface area contributed by atoms with E-state index in [1.165, 1.54) is 5.56 Å². The van der Waals surface area contributed by atoms with E-state index in [-0.39, 0.29) is 12.1 Å². The highest BCUT2D eigenvalue weighted by atomic mass is 32.1. The number of hydrogen-bond donors (Lipinski definition) is 2. The van der Waals surface area contributed by atoms with E-state index >= 15 is 0 Å². The van der Waals surface area contributed by atoms with E-state index in [9.17, 15) is 5.11 Å². The molecule has 0 amide bonds. The van der Waals surface area contributed by atoms with Gasteiger partial charge in [-0.05, 0) is 42.3 Å². The fourth-order valence-electron chi connectivity index (χ4n) is 1.94. The topological polar surface area (TPSA) is 32.3 Å². The van der Waals surface area contributed by atoms with Gasteiger partial charge in [0.1, 0.15) is 5.75 Å². The average Bonchev–Trinajstić information content (AvgIpc) is 2.82. The summed E-state index contributed by atoms with van der Waals surface area (Å²) >= 11 is 1.70. The largest absolute Gasteiger partial charge is 0.508 e. The van der Waals surface area contributed by atoms with Gasteiger partial charge in [0, 0.05) is 17.6 Å². The molecule has 0 aliphatic heterocycles. The van der Waals surface area contributed by atoms with Gasteiger partial charge in [0.05, 0.1) is 0 Å². The van der Waals surface area contributed by atoms with Gasteiger partial charge in [0.25, 0.3) is 0 Å². The van der Waals surface area contributed by atoms with Crippen molar-refractivity contribution >= 4 is 11.3 Å². The minimum absolute atomic E-state index is 0.131. The van der Waals surface area contributed by atoms with Gasteiger partial charge < -0.3 is 10.4 Å². The Morgan fingerprint density at radius 1 is 1.12 bits per heavy atom. The van der Waals surface area contributed by atoms with Crippen molar-refractivity contribution in [2.45, 2.75) is 25.9 Å². The van der Waals surface area contributed by atoms with Gasteiger partial charge in [-0.3, -0.25) is 0 Å². The predicted octanol–water partition coefficient (Wildman–Crippen LogP) is 3.87. The van der Waals surface area contributed by atoms with E-state index in [0.29, 0.717) is 5.75 Å². The standard InChI is InChI=1S/C14H17NOS/c1-10(12-7-8-17-9-12)15-11(2)13-5-3-4-6-14(13)16/h3-11,15-16H,1-2H3. The number of hydrogen-bond acceptors (Lipinski definition) is 3. The van der Waals surface area contributed by atoms with Crippen LogP contribution in [0, 0.1) is 0 Å². The fraction of sp³-hybridized carbons (Fsp3) is 0.286. The predicted molar refractivity (Wildman–Crippen MR) is 72.4 cm³/mol. The highest BCUT2D eigenvalue weighted by Crippen LogP contribution is 2.26. The Kier molecular flexibility index (Phi) is 3.82. The summed E-state index contributed by atoms with van der Waals surface area (Å²) in [4.78, 5) is 0. The molecule has 2 atom stereocenters. The van der Waals surface area contributed by atoms with Gasteiger partial charge in [-0.2, -0.15) is 11.3 Å². The summed E-state index contributed by atoms with van der Waals surface area (Å²) in [6.45, 7) is 4.20. The lowest BCUT2D eigenvalue weighted by Gasteiger charge is -2.20. The smallest absolute Gasteiger partial charge is 0.120 e. The summed E-state index contributed by atoms with van der Waals surface area (Å²) < 4.78 is 0. The molecule has 2 unspecified atom stereocenters. The number of phenols is 1. The fourth-order valence-corrected chi connectivity index (χ4v) is 2.69. The molecular formula is C14H17NOS. The molecule has 90 valence electrons. The zero-order chi connectivity index (χ0) is 12.3. The average molecular weight is 247 g/mol. The van der Waals surface area contributed by atoms with Crippen LogP contribution >= 0.6 is 11.3 Å². The van der Waals surface area contributed by atoms with E-state index in [4.69, 9.17) is 0 Å². The highest BCUT2D eigenvalue weighted by molar-refractivity contribution is 7.07. The summed E-state index contributed by atoms with van der Waals surface area (Å²) in [7, 11) is 0. The number of para-hydroxylation sites is 1. The Balaban J connectivity index is 2.07. The van der Waals surface area contributed by atoms with Crippen LogP contribution in [0.15, 0.2) is 41.1 Å². The molecule has 0 saturated carbocycles. The van der Waals surface area contributed by atoms with E-state index in [2.05, 4.69) is 36.0 Å². The van der Waals surface area contributed by atoms with Gasteiger partial charge in [-0.1, -0.05) is 18.2 Å². The van der Waals surface area contributed by atoms with Crippen molar-refractivity contribution < 1.29 is 5.11 Å². The first-order valence-electron chi connectivity index (χ1n) is 5.74. The van der Waals surface area contributed by atoms with Crippen LogP contribution in [0.25, 0.3) is 0 Å². The quantitative estimate of drug-likeness (QED) is 0.859. The molecule has 2 N–H and O–H groups in total. The second kappa shape index (κ2) is 5.34. The molecule has 0 aliphatic rings. The van der Waals surface area contributed by atoms with E-state index in [1.807, 2.05) is 18.2 Å². The number of nitrogens with one attached hydrogen (secondary N) is 1. The third-order valence-electron chi connectivity index (χ3n) is 2.95. The van der Waals surface area contributed by atoms with Crippen molar-refractivity contribution in [1.29, 1.82) is 0 Å². The molecule has 0 fully saturated rings. The maximum absolute atomic E-state index is 9.79. The zero-order valence-corrected chi connectivity index (χ0v) is 10.9. The SMILES string of the molecule is CC(NC(C)c1ccccc1O)c1ccsc1. The zero-order valence-electron chi connectivity index (χ0n) is 10.1. The second-order valence-corrected chi connectivity index (χ2v) is 5.01. The lowest BCUT2D eigenvalue weighted by molar-refractivity contribution is 0.439. The lowest BCUT2D eigenvalue weighted by atomic mass is 10.1. The molecule has 2 rings (SSSR count). The van der Waals surface area contributed by atoms with Crippen LogP contribution in [0.5, 0.6) is 5.75 Å². The van der Waals surface area contributed by atoms with Gasteiger partial charge in [-0.15, -0.1) is 0 Å². The molecule has 17 heavy (non-hydrogen) atoms. The monoisotopic (exact) mass is 247 g/mol. The molecule has 0 aliphatic carbocycles. The molecule has 1 heterocycles. The van der Waals surface area contributed by atoms with Crippen molar-refractivity contribution in [1.82, 2.24) is 5.32 Å². The summed E-state index contributed by atoms with van der Waals surface area (Å²) in [5.74, 6) is 0.352. The minimum atomic E-state index is 0.131. The van der Waals surface area contributed by atoms with Gasteiger partial charge in [-0.25, -0.2) is 0 Å². The van der Waals surface area contributed by atoms with Crippen molar-refractivity contribution in [3.63, 3.8) is 0 Å². The van der Waals surface area contributed by atoms with Crippen LogP contribution in [0.1, 0.15) is 37.1 Å². The second-order valence-electron chi connectivity index (χ2n) is 4.23. The first kappa shape index (κ1) is 12.1. The van der Waals surface area contributed by atoms with E-state index in [0.717, 1.165) is 5.56 Å². The Bertz CT molecular complexity index is 467. The van der Waals surface area contributed by atoms with E-state index in [1.54, 1.807) is 17.4 Å². The molecule has 2 nitrogen and oxygen atoms in total. The van der Waals surface area contributed by atoms with Crippen molar-refractivity contribution in [2.75, 3.05) is 0 Å². The summed E-state index contributed by atoms with van der Waals surface area (Å²) in [5.41, 5.74) is 2.23. The van der Waals surface area contributed by atoms with Crippen LogP contribution in [0.4, 0.5) is 0 Å². The van der Waals surface area contributed by atoms with Gasteiger partial charge >= 0.3 is 0 Å². The van der Waals surface area contributed by atoms with Crippen molar-refractivity contribution in [3.05, 3.63) is 52.2 Å². The van der Waals surface area contributed by atoms with Crippen LogP contribution in [0.3, 0.4) is 0 Å². The number of benzene rings is 1. The Labute approximate surface area is 106 Å². The van der Waals surface area contributed by atoms with Gasteiger partial charge in [0.2, 0.25) is 0 Å². The first-order valence-corrected chi connectivity index (χ1v) is 6.69. The molecule has 2 aromatic rings. The molecule has 1 aromatic carbocycles. The molecule has 3 heteroatoms. The molecular weight excluding hydrogens is 230 g/mol. The summed E-state index contributed by atoms with van der Waals surface area (Å²) in [5, 5.41) is 17.5. The Morgan fingerprint density at radius 3 is 2.53 bits per heavy atom. The normalized spacial score (nSPS) is 14.5. The third-order valence-corrected chi connectivity index (χ3v) is 3.65. The van der Waals surface area contributed by atoms with E-state index < -0.39 is 0 Å². The number of aromatic hydroxyl groups is 1.